The number of carbonyl (C=O) groups is 3. The predicted molar refractivity (Wildman–Crippen MR) is 266 cm³/mol. The van der Waals surface area contributed by atoms with Gasteiger partial charge in [-0.3, -0.25) is 14.4 Å². The number of hydrogen-bond acceptors (Lipinski definition) is 6. The maximum atomic E-state index is 12.8. The minimum Gasteiger partial charge on any atom is -0.462 e. The molecule has 6 nitrogen and oxygen atoms in total. The van der Waals surface area contributed by atoms with Crippen LogP contribution in [-0.4, -0.2) is 37.2 Å². The van der Waals surface area contributed by atoms with Gasteiger partial charge in [0.05, 0.1) is 0 Å². The fourth-order valence-corrected chi connectivity index (χ4v) is 7.72. The molecule has 6 heteroatoms. The molecule has 0 spiro atoms. The van der Waals surface area contributed by atoms with E-state index >= 15 is 0 Å². The van der Waals surface area contributed by atoms with Crippen LogP contribution in [0.25, 0.3) is 0 Å². The van der Waals surface area contributed by atoms with Crippen LogP contribution in [0.2, 0.25) is 0 Å². The Bertz CT molecular complexity index is 1050. The van der Waals surface area contributed by atoms with E-state index in [9.17, 15) is 14.4 Å². The summed E-state index contributed by atoms with van der Waals surface area (Å²) in [5, 5.41) is 0. The first kappa shape index (κ1) is 59.6. The maximum absolute atomic E-state index is 12.8. The van der Waals surface area contributed by atoms with Gasteiger partial charge in [-0.05, 0) is 96.3 Å². The van der Waals surface area contributed by atoms with Crippen molar-refractivity contribution in [3.05, 3.63) is 36.5 Å². The lowest BCUT2D eigenvalue weighted by Crippen LogP contribution is -2.30. The lowest BCUT2D eigenvalue weighted by Gasteiger charge is -2.18. The SMILES string of the molecule is CCCCCCC/C=C\CCCCCCCC(=O)OCC(COC(=O)CCCCCCC/C=C\CCCCCCCCC)OC(=O)CCCCCCC/C=C\CCCCCCC. The minimum atomic E-state index is -0.780. The zero-order valence-corrected chi connectivity index (χ0v) is 41.4. The van der Waals surface area contributed by atoms with E-state index in [0.717, 1.165) is 83.5 Å². The summed E-state index contributed by atoms with van der Waals surface area (Å²) in [6.07, 6.45) is 59.8. The third-order valence-corrected chi connectivity index (χ3v) is 11.8. The van der Waals surface area contributed by atoms with Crippen molar-refractivity contribution in [2.24, 2.45) is 0 Å². The largest absolute Gasteiger partial charge is 0.462 e. The van der Waals surface area contributed by atoms with Crippen LogP contribution in [0.1, 0.15) is 284 Å². The van der Waals surface area contributed by atoms with Gasteiger partial charge in [0.25, 0.3) is 0 Å². The molecule has 1 unspecified atom stereocenters. The number of unbranched alkanes of at least 4 members (excludes halogenated alkanes) is 32. The van der Waals surface area contributed by atoms with Crippen molar-refractivity contribution in [1.82, 2.24) is 0 Å². The Balaban J connectivity index is 4.39. The Kier molecular flexibility index (Phi) is 49.3. The first-order chi connectivity index (χ1) is 30.5. The zero-order chi connectivity index (χ0) is 45.1. The summed E-state index contributed by atoms with van der Waals surface area (Å²) in [5.41, 5.74) is 0. The fourth-order valence-electron chi connectivity index (χ4n) is 7.72. The van der Waals surface area contributed by atoms with Gasteiger partial charge in [-0.25, -0.2) is 0 Å². The van der Waals surface area contributed by atoms with Crippen LogP contribution in [0.4, 0.5) is 0 Å². The van der Waals surface area contributed by atoms with E-state index in [4.69, 9.17) is 14.2 Å². The number of allylic oxidation sites excluding steroid dienone is 6. The minimum absolute atomic E-state index is 0.0807. The van der Waals surface area contributed by atoms with Crippen LogP contribution >= 0.6 is 0 Å². The van der Waals surface area contributed by atoms with Gasteiger partial charge in [0.1, 0.15) is 13.2 Å². The highest BCUT2D eigenvalue weighted by atomic mass is 16.6. The van der Waals surface area contributed by atoms with Gasteiger partial charge < -0.3 is 14.2 Å². The molecule has 0 saturated heterocycles. The maximum Gasteiger partial charge on any atom is 0.306 e. The van der Waals surface area contributed by atoms with E-state index in [1.165, 1.54) is 161 Å². The van der Waals surface area contributed by atoms with Crippen molar-refractivity contribution in [2.45, 2.75) is 290 Å². The second-order valence-corrected chi connectivity index (χ2v) is 18.1. The van der Waals surface area contributed by atoms with Gasteiger partial charge in [0.2, 0.25) is 0 Å². The molecule has 0 aliphatic carbocycles. The highest BCUT2D eigenvalue weighted by Gasteiger charge is 2.19. The lowest BCUT2D eigenvalue weighted by molar-refractivity contribution is -0.167. The van der Waals surface area contributed by atoms with E-state index < -0.39 is 6.10 Å². The van der Waals surface area contributed by atoms with Gasteiger partial charge in [-0.2, -0.15) is 0 Å². The van der Waals surface area contributed by atoms with E-state index in [-0.39, 0.29) is 31.1 Å². The number of ether oxygens (including phenoxy) is 3. The monoisotopic (exact) mass is 871 g/mol. The molecule has 1 atom stereocenters. The van der Waals surface area contributed by atoms with Gasteiger partial charge in [-0.1, -0.05) is 205 Å². The molecule has 0 bridgehead atoms. The van der Waals surface area contributed by atoms with E-state index in [0.29, 0.717) is 19.3 Å². The topological polar surface area (TPSA) is 78.9 Å². The summed E-state index contributed by atoms with van der Waals surface area (Å²) in [5.74, 6) is -0.895. The van der Waals surface area contributed by atoms with Crippen molar-refractivity contribution in [3.8, 4) is 0 Å². The second kappa shape index (κ2) is 51.3. The van der Waals surface area contributed by atoms with Crippen LogP contribution in [0.3, 0.4) is 0 Å². The second-order valence-electron chi connectivity index (χ2n) is 18.1. The molecule has 0 aliphatic rings. The Labute approximate surface area is 385 Å². The molecular formula is C56H102O6. The van der Waals surface area contributed by atoms with Gasteiger partial charge in [-0.15, -0.1) is 0 Å². The van der Waals surface area contributed by atoms with Crippen molar-refractivity contribution in [1.29, 1.82) is 0 Å². The van der Waals surface area contributed by atoms with Crippen molar-refractivity contribution in [3.63, 3.8) is 0 Å². The van der Waals surface area contributed by atoms with Gasteiger partial charge in [0, 0.05) is 19.3 Å². The number of carbonyl (C=O) groups excluding carboxylic acids is 3. The molecular weight excluding hydrogens is 769 g/mol. The van der Waals surface area contributed by atoms with E-state index in [1.807, 2.05) is 0 Å². The van der Waals surface area contributed by atoms with Gasteiger partial charge >= 0.3 is 17.9 Å². The summed E-state index contributed by atoms with van der Waals surface area (Å²) in [4.78, 5) is 38.0. The fraction of sp³-hybridized carbons (Fsp3) is 0.839. The van der Waals surface area contributed by atoms with Crippen molar-refractivity contribution >= 4 is 17.9 Å². The Morgan fingerprint density at radius 2 is 0.532 bits per heavy atom. The predicted octanol–water partition coefficient (Wildman–Crippen LogP) is 17.7. The summed E-state index contributed by atoms with van der Waals surface area (Å²) in [6, 6.07) is 0. The number of rotatable bonds is 49. The molecule has 0 amide bonds. The molecule has 362 valence electrons. The molecule has 0 fully saturated rings. The number of hydrogen-bond donors (Lipinski definition) is 0. The molecule has 0 N–H and O–H groups in total. The van der Waals surface area contributed by atoms with E-state index in [1.54, 1.807) is 0 Å². The third kappa shape index (κ3) is 48.7. The first-order valence-electron chi connectivity index (χ1n) is 27.0. The van der Waals surface area contributed by atoms with Gasteiger partial charge in [0.15, 0.2) is 6.10 Å². The quantitative estimate of drug-likeness (QED) is 0.0262. The highest BCUT2D eigenvalue weighted by molar-refractivity contribution is 5.71. The average Bonchev–Trinajstić information content (AvgIpc) is 3.27. The van der Waals surface area contributed by atoms with E-state index in [2.05, 4.69) is 57.2 Å². The Morgan fingerprint density at radius 1 is 0.306 bits per heavy atom. The first-order valence-corrected chi connectivity index (χ1v) is 27.0. The highest BCUT2D eigenvalue weighted by Crippen LogP contribution is 2.15. The summed E-state index contributed by atoms with van der Waals surface area (Å²) < 4.78 is 16.8. The van der Waals surface area contributed by atoms with Crippen LogP contribution in [-0.2, 0) is 28.6 Å². The summed E-state index contributed by atoms with van der Waals surface area (Å²) in [7, 11) is 0. The molecule has 0 aliphatic heterocycles. The standard InChI is InChI=1S/C56H102O6/c1-4-7-10-13-16-19-22-25-28-29-32-34-37-40-43-46-49-55(58)61-52-53(62-56(59)50-47-44-41-38-35-31-27-24-21-18-15-12-9-6-3)51-60-54(57)48-45-42-39-36-33-30-26-23-20-17-14-11-8-5-2/h23-24,26-29,53H,4-22,25,30-52H2,1-3H3/b26-23-,27-24-,29-28-. The molecule has 0 aromatic rings. The molecule has 0 rings (SSSR count). The van der Waals surface area contributed by atoms with Crippen molar-refractivity contribution in [2.75, 3.05) is 13.2 Å². The molecule has 0 heterocycles. The zero-order valence-electron chi connectivity index (χ0n) is 41.4. The Hall–Kier alpha value is -2.37. The van der Waals surface area contributed by atoms with Crippen molar-refractivity contribution < 1.29 is 28.6 Å². The molecule has 0 saturated carbocycles. The van der Waals surface area contributed by atoms with Crippen LogP contribution in [0, 0.1) is 0 Å². The molecule has 0 aromatic heterocycles. The number of esters is 3. The smallest absolute Gasteiger partial charge is 0.306 e. The molecule has 62 heavy (non-hydrogen) atoms. The van der Waals surface area contributed by atoms with Crippen LogP contribution in [0.15, 0.2) is 36.5 Å². The van der Waals surface area contributed by atoms with Crippen LogP contribution < -0.4 is 0 Å². The Morgan fingerprint density at radius 3 is 0.806 bits per heavy atom. The molecule has 0 aromatic carbocycles. The average molecular weight is 871 g/mol. The lowest BCUT2D eigenvalue weighted by atomic mass is 10.1. The van der Waals surface area contributed by atoms with Crippen LogP contribution in [0.5, 0.6) is 0 Å². The molecule has 0 radical (unpaired) electrons. The summed E-state index contributed by atoms with van der Waals surface area (Å²) in [6.45, 7) is 6.62. The third-order valence-electron chi connectivity index (χ3n) is 11.8. The summed E-state index contributed by atoms with van der Waals surface area (Å²) >= 11 is 0. The normalized spacial score (nSPS) is 12.2.